The van der Waals surface area contributed by atoms with Crippen LogP contribution >= 0.6 is 0 Å². The zero-order chi connectivity index (χ0) is 25.3. The second-order valence-electron chi connectivity index (χ2n) is 9.71. The normalized spacial score (nSPS) is 15.6. The van der Waals surface area contributed by atoms with Crippen LogP contribution in [0.4, 0.5) is 0 Å². The van der Waals surface area contributed by atoms with Gasteiger partial charge in [-0.1, -0.05) is 67.9 Å². The molecule has 3 aromatic rings. The maximum Gasteiger partial charge on any atom is 0.251 e. The highest BCUT2D eigenvalue weighted by Gasteiger charge is 2.23. The van der Waals surface area contributed by atoms with Crippen LogP contribution in [0.3, 0.4) is 0 Å². The quantitative estimate of drug-likeness (QED) is 0.325. The third-order valence-electron chi connectivity index (χ3n) is 7.23. The number of nitrogens with one attached hydrogen (secondary N) is 2. The average molecular weight is 484 g/mol. The fourth-order valence-corrected chi connectivity index (χ4v) is 5.18. The molecule has 36 heavy (non-hydrogen) atoms. The van der Waals surface area contributed by atoms with Crippen LogP contribution in [0, 0.1) is 0 Å². The van der Waals surface area contributed by atoms with E-state index >= 15 is 0 Å². The molecule has 0 radical (unpaired) electrons. The summed E-state index contributed by atoms with van der Waals surface area (Å²) in [7, 11) is 0. The van der Waals surface area contributed by atoms with Gasteiger partial charge in [-0.05, 0) is 79.0 Å². The van der Waals surface area contributed by atoms with E-state index in [1.807, 2.05) is 54.6 Å². The molecule has 0 bridgehead atoms. The summed E-state index contributed by atoms with van der Waals surface area (Å²) in [6.07, 6.45) is 7.03. The summed E-state index contributed by atoms with van der Waals surface area (Å²) in [5.74, 6) is -0.350. The van der Waals surface area contributed by atoms with Crippen molar-refractivity contribution in [2.24, 2.45) is 5.73 Å². The van der Waals surface area contributed by atoms with E-state index in [0.29, 0.717) is 29.8 Å². The minimum Gasteiger partial charge on any atom is -0.366 e. The number of hydrogen-bond donors (Lipinski definition) is 3. The fraction of sp³-hybridized carbons (Fsp3) is 0.355. The number of rotatable bonds is 11. The summed E-state index contributed by atoms with van der Waals surface area (Å²) >= 11 is 0. The van der Waals surface area contributed by atoms with Gasteiger partial charge in [0.15, 0.2) is 0 Å². The number of carbonyl (C=O) groups excluding carboxylic acids is 2. The summed E-state index contributed by atoms with van der Waals surface area (Å²) in [4.78, 5) is 24.2. The highest BCUT2D eigenvalue weighted by molar-refractivity contribution is 5.95. The number of benzene rings is 3. The summed E-state index contributed by atoms with van der Waals surface area (Å²) in [6.45, 7) is 2.91. The molecule has 4 rings (SSSR count). The Morgan fingerprint density at radius 2 is 1.69 bits per heavy atom. The van der Waals surface area contributed by atoms with Crippen molar-refractivity contribution < 1.29 is 9.59 Å². The van der Waals surface area contributed by atoms with Gasteiger partial charge < -0.3 is 16.4 Å². The molecule has 0 fully saturated rings. The van der Waals surface area contributed by atoms with Crippen LogP contribution in [0.15, 0.2) is 72.8 Å². The van der Waals surface area contributed by atoms with E-state index in [2.05, 4.69) is 35.8 Å². The van der Waals surface area contributed by atoms with Crippen LogP contribution in [0.2, 0.25) is 0 Å². The minimum absolute atomic E-state index is 0.0176. The smallest absolute Gasteiger partial charge is 0.251 e. The number of nitrogens with two attached hydrogens (primary N) is 1. The fourth-order valence-electron chi connectivity index (χ4n) is 5.18. The van der Waals surface area contributed by atoms with Gasteiger partial charge in [0.2, 0.25) is 5.91 Å². The molecule has 2 unspecified atom stereocenters. The molecule has 0 spiro atoms. The Balaban J connectivity index is 1.18. The monoisotopic (exact) mass is 483 g/mol. The second-order valence-corrected chi connectivity index (χ2v) is 9.71. The molecule has 1 aliphatic carbocycles. The molecular weight excluding hydrogens is 446 g/mol. The summed E-state index contributed by atoms with van der Waals surface area (Å²) < 4.78 is 0. The van der Waals surface area contributed by atoms with Crippen molar-refractivity contribution in [2.45, 2.75) is 64.0 Å². The summed E-state index contributed by atoms with van der Waals surface area (Å²) in [6, 6.07) is 24.7. The average Bonchev–Trinajstić information content (AvgIpc) is 2.92. The summed E-state index contributed by atoms with van der Waals surface area (Å²) in [5, 5.41) is 6.90. The van der Waals surface area contributed by atoms with E-state index in [9.17, 15) is 9.59 Å². The number of amides is 2. The SMILES string of the molecule is CCC(CCCCNC(=O)c1ccc(-c2ccccc2)cc1)NC1CCc2c(cccc2C(N)=O)C1. The summed E-state index contributed by atoms with van der Waals surface area (Å²) in [5.41, 5.74) is 11.5. The van der Waals surface area contributed by atoms with Crippen molar-refractivity contribution in [1.29, 1.82) is 0 Å². The molecule has 4 N–H and O–H groups in total. The second kappa shape index (κ2) is 12.5. The number of hydrogen-bond acceptors (Lipinski definition) is 3. The predicted octanol–water partition coefficient (Wildman–Crippen LogP) is 5.28. The first kappa shape index (κ1) is 25.6. The molecule has 0 saturated carbocycles. The van der Waals surface area contributed by atoms with Gasteiger partial charge in [-0.2, -0.15) is 0 Å². The van der Waals surface area contributed by atoms with E-state index in [0.717, 1.165) is 61.6 Å². The topological polar surface area (TPSA) is 84.2 Å². The Hall–Kier alpha value is -3.44. The van der Waals surface area contributed by atoms with Gasteiger partial charge in [0.05, 0.1) is 0 Å². The first-order valence-electron chi connectivity index (χ1n) is 13.2. The van der Waals surface area contributed by atoms with Gasteiger partial charge in [0.25, 0.3) is 5.91 Å². The van der Waals surface area contributed by atoms with Crippen LogP contribution in [-0.4, -0.2) is 30.4 Å². The molecular formula is C31H37N3O2. The van der Waals surface area contributed by atoms with Crippen LogP contribution in [0.25, 0.3) is 11.1 Å². The Morgan fingerprint density at radius 1 is 0.944 bits per heavy atom. The predicted molar refractivity (Wildman–Crippen MR) is 146 cm³/mol. The molecule has 2 atom stereocenters. The van der Waals surface area contributed by atoms with Crippen LogP contribution in [0.5, 0.6) is 0 Å². The molecule has 3 aromatic carbocycles. The Kier molecular flexibility index (Phi) is 8.90. The molecule has 188 valence electrons. The van der Waals surface area contributed by atoms with Crippen molar-refractivity contribution in [3.05, 3.63) is 95.1 Å². The largest absolute Gasteiger partial charge is 0.366 e. The third kappa shape index (κ3) is 6.61. The zero-order valence-electron chi connectivity index (χ0n) is 21.1. The van der Waals surface area contributed by atoms with Gasteiger partial charge in [0, 0.05) is 29.8 Å². The standard InChI is InChI=1S/C31H37N3O2/c1-2-26(34-27-18-19-28-25(21-27)11-8-13-29(28)30(32)35)12-6-7-20-33-31(36)24-16-14-23(15-17-24)22-9-4-3-5-10-22/h3-5,8-11,13-17,26-27,34H,2,6-7,12,18-21H2,1H3,(H2,32,35)(H,33,36). The number of fused-ring (bicyclic) bond motifs is 1. The number of carbonyl (C=O) groups is 2. The molecule has 0 heterocycles. The molecule has 5 nitrogen and oxygen atoms in total. The van der Waals surface area contributed by atoms with E-state index in [4.69, 9.17) is 5.73 Å². The van der Waals surface area contributed by atoms with Crippen molar-refractivity contribution in [3.63, 3.8) is 0 Å². The van der Waals surface area contributed by atoms with Crippen molar-refractivity contribution in [3.8, 4) is 11.1 Å². The Morgan fingerprint density at radius 3 is 2.42 bits per heavy atom. The van der Waals surface area contributed by atoms with E-state index in [-0.39, 0.29) is 11.8 Å². The zero-order valence-corrected chi connectivity index (χ0v) is 21.1. The van der Waals surface area contributed by atoms with Gasteiger partial charge in [-0.15, -0.1) is 0 Å². The number of primary amides is 1. The van der Waals surface area contributed by atoms with Crippen LogP contribution in [-0.2, 0) is 12.8 Å². The lowest BCUT2D eigenvalue weighted by molar-refractivity contribution is 0.0951. The Labute approximate surface area is 214 Å². The first-order chi connectivity index (χ1) is 17.5. The lowest BCUT2D eigenvalue weighted by atomic mass is 9.84. The molecule has 2 amide bonds. The van der Waals surface area contributed by atoms with Gasteiger partial charge in [-0.3, -0.25) is 9.59 Å². The van der Waals surface area contributed by atoms with Gasteiger partial charge >= 0.3 is 0 Å². The van der Waals surface area contributed by atoms with Gasteiger partial charge in [-0.25, -0.2) is 0 Å². The van der Waals surface area contributed by atoms with E-state index < -0.39 is 0 Å². The molecule has 5 heteroatoms. The highest BCUT2D eigenvalue weighted by atomic mass is 16.2. The van der Waals surface area contributed by atoms with Crippen molar-refractivity contribution in [2.75, 3.05) is 6.54 Å². The first-order valence-corrected chi connectivity index (χ1v) is 13.2. The lowest BCUT2D eigenvalue weighted by Gasteiger charge is -2.30. The molecule has 0 saturated heterocycles. The maximum atomic E-state index is 12.5. The Bertz CT molecular complexity index is 1160. The van der Waals surface area contributed by atoms with Crippen LogP contribution in [0.1, 0.15) is 70.9 Å². The lowest BCUT2D eigenvalue weighted by Crippen LogP contribution is -2.41. The van der Waals surface area contributed by atoms with E-state index in [1.54, 1.807) is 0 Å². The third-order valence-corrected chi connectivity index (χ3v) is 7.23. The molecule has 1 aliphatic rings. The van der Waals surface area contributed by atoms with Gasteiger partial charge in [0.1, 0.15) is 0 Å². The highest BCUT2D eigenvalue weighted by Crippen LogP contribution is 2.25. The number of unbranched alkanes of at least 4 members (excludes halogenated alkanes) is 1. The minimum atomic E-state index is -0.332. The molecule has 0 aromatic heterocycles. The van der Waals surface area contributed by atoms with Crippen molar-refractivity contribution in [1.82, 2.24) is 10.6 Å². The van der Waals surface area contributed by atoms with Crippen molar-refractivity contribution >= 4 is 11.8 Å². The van der Waals surface area contributed by atoms with Crippen LogP contribution < -0.4 is 16.4 Å². The maximum absolute atomic E-state index is 12.5. The molecule has 0 aliphatic heterocycles. The van der Waals surface area contributed by atoms with E-state index in [1.165, 1.54) is 5.56 Å².